The minimum absolute atomic E-state index is 0.229. The van der Waals surface area contributed by atoms with E-state index in [0.717, 1.165) is 12.0 Å². The normalized spacial score (nSPS) is 11.8. The van der Waals surface area contributed by atoms with Crippen LogP contribution in [0.4, 0.5) is 0 Å². The standard InChI is InChI=1S/C3H8O6S2/c4-8-9-10-2-1-3-11(5,6)7/h4H,1-3H2,(H,5,6,7). The van der Waals surface area contributed by atoms with Gasteiger partial charge in [0, 0.05) is 17.8 Å². The summed E-state index contributed by atoms with van der Waals surface area (Å²) in [6.45, 7) is 0. The third-order valence-electron chi connectivity index (χ3n) is 0.709. The van der Waals surface area contributed by atoms with Crippen molar-refractivity contribution in [3.63, 3.8) is 0 Å². The van der Waals surface area contributed by atoms with Gasteiger partial charge in [-0.2, -0.15) is 8.42 Å². The summed E-state index contributed by atoms with van der Waals surface area (Å²) in [6.07, 6.45) is 0.229. The van der Waals surface area contributed by atoms with E-state index in [1.54, 1.807) is 0 Å². The van der Waals surface area contributed by atoms with Crippen molar-refractivity contribution in [2.45, 2.75) is 6.42 Å². The maximum absolute atomic E-state index is 10.1. The lowest BCUT2D eigenvalue weighted by atomic mass is 10.6. The highest BCUT2D eigenvalue weighted by Gasteiger charge is 2.03. The Morgan fingerprint density at radius 1 is 1.45 bits per heavy atom. The zero-order valence-corrected chi connectivity index (χ0v) is 7.10. The van der Waals surface area contributed by atoms with Gasteiger partial charge in [-0.05, 0) is 6.42 Å². The largest absolute Gasteiger partial charge is 0.286 e. The molecule has 0 fully saturated rings. The van der Waals surface area contributed by atoms with Crippen molar-refractivity contribution in [3.8, 4) is 0 Å². The average molecular weight is 204 g/mol. The first-order chi connectivity index (χ1) is 5.06. The smallest absolute Gasteiger partial charge is 0.264 e. The van der Waals surface area contributed by atoms with E-state index in [2.05, 4.69) is 9.37 Å². The van der Waals surface area contributed by atoms with Crippen LogP contribution in [-0.4, -0.2) is 29.7 Å². The SMILES string of the molecule is O=S(=O)(O)CCCSOOO. The Kier molecular flexibility index (Phi) is 5.82. The van der Waals surface area contributed by atoms with Gasteiger partial charge < -0.3 is 0 Å². The summed E-state index contributed by atoms with van der Waals surface area (Å²) in [5.41, 5.74) is 0. The molecule has 2 N–H and O–H groups in total. The summed E-state index contributed by atoms with van der Waals surface area (Å²) in [4.78, 5) is 0. The highest BCUT2D eigenvalue weighted by molar-refractivity contribution is 7.94. The van der Waals surface area contributed by atoms with Crippen molar-refractivity contribution in [3.05, 3.63) is 0 Å². The van der Waals surface area contributed by atoms with Gasteiger partial charge in [-0.15, -0.1) is 4.33 Å². The van der Waals surface area contributed by atoms with Gasteiger partial charge in [0.25, 0.3) is 10.1 Å². The minimum Gasteiger partial charge on any atom is -0.286 e. The molecule has 0 spiro atoms. The number of rotatable bonds is 6. The summed E-state index contributed by atoms with van der Waals surface area (Å²) >= 11 is 0.746. The van der Waals surface area contributed by atoms with Crippen LogP contribution in [0.2, 0.25) is 0 Å². The van der Waals surface area contributed by atoms with E-state index in [0.29, 0.717) is 5.75 Å². The van der Waals surface area contributed by atoms with E-state index in [9.17, 15) is 8.42 Å². The molecule has 0 saturated heterocycles. The molecule has 0 aliphatic heterocycles. The number of hydrogen-bond acceptors (Lipinski definition) is 6. The second kappa shape index (κ2) is 5.75. The van der Waals surface area contributed by atoms with Gasteiger partial charge in [0.15, 0.2) is 0 Å². The Morgan fingerprint density at radius 3 is 2.55 bits per heavy atom. The minimum atomic E-state index is -3.88. The molecule has 0 rings (SSSR count). The molecule has 0 aromatic rings. The molecule has 0 aliphatic rings. The maximum Gasteiger partial charge on any atom is 0.264 e. The Labute approximate surface area is 68.3 Å². The van der Waals surface area contributed by atoms with Crippen molar-refractivity contribution in [2.24, 2.45) is 0 Å². The van der Waals surface area contributed by atoms with E-state index < -0.39 is 10.1 Å². The van der Waals surface area contributed by atoms with Crippen LogP contribution >= 0.6 is 12.0 Å². The van der Waals surface area contributed by atoms with Crippen LogP contribution in [0.1, 0.15) is 6.42 Å². The molecule has 68 valence electrons. The zero-order chi connectivity index (χ0) is 8.74. The lowest BCUT2D eigenvalue weighted by Crippen LogP contribution is -2.04. The molecule has 0 unspecified atom stereocenters. The van der Waals surface area contributed by atoms with Gasteiger partial charge in [0.1, 0.15) is 0 Å². The maximum atomic E-state index is 10.1. The van der Waals surface area contributed by atoms with E-state index in [1.165, 1.54) is 0 Å². The lowest BCUT2D eigenvalue weighted by molar-refractivity contribution is -0.432. The number of hydrogen-bond donors (Lipinski definition) is 2. The fourth-order valence-electron chi connectivity index (χ4n) is 0.356. The van der Waals surface area contributed by atoms with Gasteiger partial charge in [0.2, 0.25) is 0 Å². The predicted octanol–water partition coefficient (Wildman–Crippen LogP) is 0.334. The Morgan fingerprint density at radius 2 is 2.09 bits per heavy atom. The molecule has 0 radical (unpaired) electrons. The Bertz CT molecular complexity index is 174. The highest BCUT2D eigenvalue weighted by atomic mass is 32.2. The molecule has 0 bridgehead atoms. The predicted molar refractivity (Wildman–Crippen MR) is 38.3 cm³/mol. The summed E-state index contributed by atoms with van der Waals surface area (Å²) in [5.74, 6) is -0.0187. The zero-order valence-electron chi connectivity index (χ0n) is 5.47. The fraction of sp³-hybridized carbons (Fsp3) is 1.00. The molecular weight excluding hydrogens is 196 g/mol. The summed E-state index contributed by atoms with van der Waals surface area (Å²) in [5, 5.41) is 10.8. The Balaban J connectivity index is 3.16. The average Bonchev–Trinajstić information content (AvgIpc) is 1.85. The van der Waals surface area contributed by atoms with Gasteiger partial charge >= 0.3 is 0 Å². The molecule has 0 amide bonds. The van der Waals surface area contributed by atoms with Gasteiger partial charge in [0.05, 0.1) is 5.75 Å². The van der Waals surface area contributed by atoms with Crippen molar-refractivity contribution < 1.29 is 27.6 Å². The lowest BCUT2D eigenvalue weighted by Gasteiger charge is -1.95. The monoisotopic (exact) mass is 204 g/mol. The van der Waals surface area contributed by atoms with E-state index >= 15 is 0 Å². The highest BCUT2D eigenvalue weighted by Crippen LogP contribution is 2.04. The molecule has 8 heteroatoms. The van der Waals surface area contributed by atoms with Crippen LogP contribution in [0.15, 0.2) is 0 Å². The van der Waals surface area contributed by atoms with Crippen LogP contribution in [0, 0.1) is 0 Å². The topological polar surface area (TPSA) is 93.1 Å². The summed E-state index contributed by atoms with van der Waals surface area (Å²) < 4.78 is 32.3. The third kappa shape index (κ3) is 10.1. The van der Waals surface area contributed by atoms with E-state index in [1.807, 2.05) is 0 Å². The molecule has 0 aliphatic carbocycles. The summed E-state index contributed by atoms with van der Waals surface area (Å²) in [7, 11) is -3.88. The van der Waals surface area contributed by atoms with Crippen molar-refractivity contribution >= 4 is 22.2 Å². The van der Waals surface area contributed by atoms with Crippen LogP contribution in [0.5, 0.6) is 0 Å². The van der Waals surface area contributed by atoms with Crippen molar-refractivity contribution in [1.82, 2.24) is 0 Å². The van der Waals surface area contributed by atoms with Gasteiger partial charge in [-0.3, -0.25) is 4.55 Å². The molecule has 0 saturated carbocycles. The quantitative estimate of drug-likeness (QED) is 0.212. The van der Waals surface area contributed by atoms with Crippen LogP contribution in [0.3, 0.4) is 0 Å². The van der Waals surface area contributed by atoms with Crippen LogP contribution < -0.4 is 0 Å². The molecule has 0 aromatic heterocycles. The second-order valence-electron chi connectivity index (χ2n) is 1.60. The molecule has 0 aromatic carbocycles. The summed E-state index contributed by atoms with van der Waals surface area (Å²) in [6, 6.07) is 0. The third-order valence-corrected chi connectivity index (χ3v) is 2.13. The van der Waals surface area contributed by atoms with Crippen molar-refractivity contribution in [2.75, 3.05) is 11.5 Å². The second-order valence-corrected chi connectivity index (χ2v) is 3.96. The van der Waals surface area contributed by atoms with Gasteiger partial charge in [-0.1, -0.05) is 5.04 Å². The molecule has 6 nitrogen and oxygen atoms in total. The first-order valence-corrected chi connectivity index (χ1v) is 5.13. The Hall–Kier alpha value is 0.140. The van der Waals surface area contributed by atoms with E-state index in [-0.39, 0.29) is 12.2 Å². The van der Waals surface area contributed by atoms with Crippen LogP contribution in [-0.2, 0) is 19.5 Å². The van der Waals surface area contributed by atoms with Crippen LogP contribution in [0.25, 0.3) is 0 Å². The molecule has 0 heterocycles. The molecule has 0 atom stereocenters. The van der Waals surface area contributed by atoms with Crippen molar-refractivity contribution in [1.29, 1.82) is 0 Å². The molecular formula is C3H8O6S2. The first-order valence-electron chi connectivity index (χ1n) is 2.61. The van der Waals surface area contributed by atoms with Gasteiger partial charge in [-0.25, -0.2) is 5.26 Å². The van der Waals surface area contributed by atoms with E-state index in [4.69, 9.17) is 9.81 Å². The fourth-order valence-corrected chi connectivity index (χ4v) is 1.42. The molecule has 11 heavy (non-hydrogen) atoms. The first kappa shape index (κ1) is 11.1.